The highest BCUT2D eigenvalue weighted by atomic mass is 127. The molecule has 5 aromatic rings. The van der Waals surface area contributed by atoms with Crippen molar-refractivity contribution in [3.8, 4) is 11.1 Å². The zero-order valence-corrected chi connectivity index (χ0v) is 28.0. The van der Waals surface area contributed by atoms with Gasteiger partial charge in [-0.15, -0.1) is 9.24 Å². The summed E-state index contributed by atoms with van der Waals surface area (Å²) in [5.74, 6) is 0.728. The first kappa shape index (κ1) is 32.3. The molecular weight excluding hydrogens is 666 g/mol. The van der Waals surface area contributed by atoms with E-state index < -0.39 is 0 Å². The third-order valence-corrected chi connectivity index (χ3v) is 7.13. The molecule has 2 unspecified atom stereocenters. The van der Waals surface area contributed by atoms with E-state index in [0.717, 1.165) is 63.2 Å². The van der Waals surface area contributed by atoms with Gasteiger partial charge in [-0.1, -0.05) is 65.1 Å². The van der Waals surface area contributed by atoms with Crippen LogP contribution in [-0.4, -0.2) is 38.4 Å². The average molecular weight is 705 g/mol. The number of nitrogens with zero attached hydrogens (tertiary/aromatic N) is 3. The van der Waals surface area contributed by atoms with Crippen LogP contribution < -0.4 is 15.9 Å². The maximum absolute atomic E-state index is 7.95. The maximum atomic E-state index is 7.95. The number of fused-ring (bicyclic) bond motifs is 1. The monoisotopic (exact) mass is 704 g/mol. The minimum atomic E-state index is 0.343. The molecule has 1 aliphatic heterocycles. The Morgan fingerprint density at radius 1 is 1.02 bits per heavy atom. The van der Waals surface area contributed by atoms with Gasteiger partial charge in [-0.2, -0.15) is 0 Å². The molecule has 1 saturated heterocycles. The molecule has 3 heterocycles. The Morgan fingerprint density at radius 3 is 2.56 bits per heavy atom. The van der Waals surface area contributed by atoms with Crippen LogP contribution in [0.3, 0.4) is 0 Å². The van der Waals surface area contributed by atoms with E-state index in [2.05, 4.69) is 106 Å². The van der Waals surface area contributed by atoms with Crippen LogP contribution in [0.15, 0.2) is 97.6 Å². The summed E-state index contributed by atoms with van der Waals surface area (Å²) in [6.45, 7) is 6.41. The van der Waals surface area contributed by atoms with Gasteiger partial charge < -0.3 is 25.3 Å². The van der Waals surface area contributed by atoms with Crippen LogP contribution in [-0.2, 0) is 17.8 Å². The molecule has 43 heavy (non-hydrogen) atoms. The van der Waals surface area contributed by atoms with Crippen LogP contribution in [0.2, 0.25) is 0 Å². The predicted molar refractivity (Wildman–Crippen MR) is 194 cm³/mol. The molecule has 7 nitrogen and oxygen atoms in total. The summed E-state index contributed by atoms with van der Waals surface area (Å²) in [5.41, 5.74) is 6.87. The highest BCUT2D eigenvalue weighted by molar-refractivity contribution is 14.1. The molecule has 0 saturated carbocycles. The van der Waals surface area contributed by atoms with Crippen molar-refractivity contribution in [2.24, 2.45) is 0 Å². The number of allylic oxidation sites excluding steroid dienone is 2. The number of ether oxygens (including phenoxy) is 1. The Hall–Kier alpha value is -3.59. The van der Waals surface area contributed by atoms with Crippen LogP contribution in [0, 0.1) is 5.41 Å². The zero-order chi connectivity index (χ0) is 30.6. The van der Waals surface area contributed by atoms with Gasteiger partial charge in [0.25, 0.3) is 0 Å². The van der Waals surface area contributed by atoms with E-state index in [4.69, 9.17) is 10.1 Å². The molecule has 9 heteroatoms. The topological polar surface area (TPSA) is 91.2 Å². The number of epoxide rings is 1. The molecule has 6 rings (SSSR count). The van der Waals surface area contributed by atoms with Crippen LogP contribution in [0.25, 0.3) is 22.0 Å². The Morgan fingerprint density at radius 2 is 1.84 bits per heavy atom. The standard InChI is InChI=1S/C29H27N6OP.C4H8.CH3I/c30-13-22-11-23(5-7-27(22)31-14-19-2-1-3-25(37)10-19)34-29-26-12-20(4-6-28(26)32-18-33-29)21-8-9-35(15-21)16-24-17-36-24;1-3-4-2;1-2/h1-13,15,18,24,30-31H,14,16-17,37H2,(H,32,33,34);3-4H,1-2H3;1H3. The number of aromatic nitrogens is 3. The summed E-state index contributed by atoms with van der Waals surface area (Å²) >= 11 is 2.15. The Bertz CT molecular complexity index is 1680. The number of halogens is 1. The van der Waals surface area contributed by atoms with Crippen molar-refractivity contribution >= 4 is 71.4 Å². The van der Waals surface area contributed by atoms with Gasteiger partial charge in [0.1, 0.15) is 12.1 Å². The smallest absolute Gasteiger partial charge is 0.141 e. The van der Waals surface area contributed by atoms with Gasteiger partial charge in [0, 0.05) is 47.5 Å². The van der Waals surface area contributed by atoms with Crippen molar-refractivity contribution in [3.05, 3.63) is 109 Å². The predicted octanol–water partition coefficient (Wildman–Crippen LogP) is 7.98. The molecule has 3 aromatic carbocycles. The number of hydrogen-bond donors (Lipinski definition) is 3. The number of anilines is 3. The molecule has 2 atom stereocenters. The fourth-order valence-electron chi connectivity index (χ4n) is 4.43. The lowest BCUT2D eigenvalue weighted by atomic mass is 10.1. The van der Waals surface area contributed by atoms with Gasteiger partial charge in [0.15, 0.2) is 0 Å². The SMILES string of the molecule is CC=CC.CI.N=Cc1cc(Nc2ncnc3ccc(-c4ccn(CC5CO5)c4)cc23)ccc1NCc1cccc(P)c1. The van der Waals surface area contributed by atoms with Crippen molar-refractivity contribution in [3.63, 3.8) is 0 Å². The van der Waals surface area contributed by atoms with E-state index in [9.17, 15) is 0 Å². The number of nitrogens with one attached hydrogen (secondary N) is 3. The summed E-state index contributed by atoms with van der Waals surface area (Å²) in [4.78, 5) is 11.0. The van der Waals surface area contributed by atoms with Gasteiger partial charge in [0.05, 0.1) is 24.8 Å². The Kier molecular flexibility index (Phi) is 12.3. The first-order valence-electron chi connectivity index (χ1n) is 14.0. The second-order valence-electron chi connectivity index (χ2n) is 9.84. The van der Waals surface area contributed by atoms with E-state index >= 15 is 0 Å². The average Bonchev–Trinajstić information content (AvgIpc) is 3.75. The molecule has 222 valence electrons. The largest absolute Gasteiger partial charge is 0.380 e. The van der Waals surface area contributed by atoms with Gasteiger partial charge >= 0.3 is 0 Å². The first-order chi connectivity index (χ1) is 21.1. The molecule has 0 amide bonds. The molecule has 0 spiro atoms. The maximum Gasteiger partial charge on any atom is 0.141 e. The number of alkyl halides is 1. The van der Waals surface area contributed by atoms with Crippen LogP contribution in [0.4, 0.5) is 17.2 Å². The molecule has 1 fully saturated rings. The summed E-state index contributed by atoms with van der Waals surface area (Å²) in [6, 6.07) is 22.6. The lowest BCUT2D eigenvalue weighted by Crippen LogP contribution is -2.05. The lowest BCUT2D eigenvalue weighted by molar-refractivity contribution is 0.383. The van der Waals surface area contributed by atoms with E-state index in [1.807, 2.05) is 61.3 Å². The minimum absolute atomic E-state index is 0.343. The molecular formula is C34H38IN6OP. The van der Waals surface area contributed by atoms with E-state index in [1.165, 1.54) is 11.8 Å². The summed E-state index contributed by atoms with van der Waals surface area (Å²) in [7, 11) is 2.72. The summed E-state index contributed by atoms with van der Waals surface area (Å²) in [6.07, 6.45) is 11.5. The van der Waals surface area contributed by atoms with Gasteiger partial charge in [0.2, 0.25) is 0 Å². The fraction of sp³-hybridized carbons (Fsp3) is 0.206. The second-order valence-corrected chi connectivity index (χ2v) is 10.5. The number of rotatable bonds is 9. The molecule has 0 bridgehead atoms. The Labute approximate surface area is 270 Å². The third-order valence-electron chi connectivity index (χ3n) is 6.77. The van der Waals surface area contributed by atoms with Gasteiger partial charge in [-0.05, 0) is 77.2 Å². The Balaban J connectivity index is 0.000000653. The minimum Gasteiger partial charge on any atom is -0.380 e. The van der Waals surface area contributed by atoms with E-state index in [-0.39, 0.29) is 0 Å². The van der Waals surface area contributed by atoms with Crippen LogP contribution >= 0.6 is 31.8 Å². The van der Waals surface area contributed by atoms with Crippen molar-refractivity contribution in [2.75, 3.05) is 22.2 Å². The lowest BCUT2D eigenvalue weighted by Gasteiger charge is -2.14. The highest BCUT2D eigenvalue weighted by Crippen LogP contribution is 2.30. The molecule has 3 N–H and O–H groups in total. The summed E-state index contributed by atoms with van der Waals surface area (Å²) < 4.78 is 7.53. The molecule has 2 aromatic heterocycles. The summed E-state index contributed by atoms with van der Waals surface area (Å²) in [5, 5.41) is 16.9. The zero-order valence-electron chi connectivity index (χ0n) is 24.7. The van der Waals surface area contributed by atoms with Crippen LogP contribution in [0.5, 0.6) is 0 Å². The van der Waals surface area contributed by atoms with Crippen molar-refractivity contribution in [1.82, 2.24) is 14.5 Å². The number of hydrogen-bond acceptors (Lipinski definition) is 6. The van der Waals surface area contributed by atoms with Crippen LogP contribution in [0.1, 0.15) is 25.0 Å². The molecule has 0 aliphatic carbocycles. The van der Waals surface area contributed by atoms with Crippen molar-refractivity contribution in [2.45, 2.75) is 33.0 Å². The van der Waals surface area contributed by atoms with Crippen molar-refractivity contribution in [1.29, 1.82) is 5.41 Å². The second kappa shape index (κ2) is 16.3. The number of benzene rings is 3. The quantitative estimate of drug-likeness (QED) is 0.0362. The van der Waals surface area contributed by atoms with E-state index in [1.54, 1.807) is 6.33 Å². The third kappa shape index (κ3) is 9.20. The molecule has 0 radical (unpaired) electrons. The van der Waals surface area contributed by atoms with Gasteiger partial charge in [-0.25, -0.2) is 9.97 Å². The normalized spacial score (nSPS) is 13.5. The van der Waals surface area contributed by atoms with E-state index in [0.29, 0.717) is 12.6 Å². The van der Waals surface area contributed by atoms with Crippen molar-refractivity contribution < 1.29 is 4.74 Å². The molecule has 1 aliphatic rings. The highest BCUT2D eigenvalue weighted by Gasteiger charge is 2.22. The fourth-order valence-corrected chi connectivity index (χ4v) is 4.75. The first-order valence-corrected chi connectivity index (χ1v) is 16.8. The van der Waals surface area contributed by atoms with Gasteiger partial charge in [-0.3, -0.25) is 0 Å².